The van der Waals surface area contributed by atoms with Gasteiger partial charge in [-0.25, -0.2) is 4.68 Å². The number of hydrogen-bond acceptors (Lipinski definition) is 5. The van der Waals surface area contributed by atoms with E-state index in [2.05, 4.69) is 21.6 Å². The molecular formula is C14H16N6O. The van der Waals surface area contributed by atoms with Gasteiger partial charge in [-0.3, -0.25) is 4.79 Å². The van der Waals surface area contributed by atoms with Gasteiger partial charge in [-0.05, 0) is 42.5 Å². The molecule has 0 N–H and O–H groups in total. The van der Waals surface area contributed by atoms with Crippen LogP contribution in [0.15, 0.2) is 30.6 Å². The molecule has 7 heteroatoms. The number of amides is 1. The molecule has 0 aliphatic heterocycles. The third kappa shape index (κ3) is 3.42. The van der Waals surface area contributed by atoms with Gasteiger partial charge in [0, 0.05) is 18.2 Å². The van der Waals surface area contributed by atoms with E-state index in [0.29, 0.717) is 18.5 Å². The summed E-state index contributed by atoms with van der Waals surface area (Å²) in [6, 6.07) is 9.19. The quantitative estimate of drug-likeness (QED) is 0.828. The maximum Gasteiger partial charge on any atom is 0.254 e. The van der Waals surface area contributed by atoms with Crippen molar-refractivity contribution in [1.82, 2.24) is 25.1 Å². The highest BCUT2D eigenvalue weighted by atomic mass is 16.2. The van der Waals surface area contributed by atoms with Gasteiger partial charge in [0.1, 0.15) is 6.33 Å². The highest BCUT2D eigenvalue weighted by molar-refractivity contribution is 5.95. The first kappa shape index (κ1) is 14.7. The molecule has 1 heterocycles. The van der Waals surface area contributed by atoms with E-state index in [0.717, 1.165) is 5.69 Å². The van der Waals surface area contributed by atoms with E-state index in [1.807, 2.05) is 19.9 Å². The third-order valence-electron chi connectivity index (χ3n) is 3.06. The Hall–Kier alpha value is -2.75. The van der Waals surface area contributed by atoms with Crippen LogP contribution < -0.4 is 0 Å². The molecule has 0 spiro atoms. The number of hydrogen-bond donors (Lipinski definition) is 0. The second-order valence-corrected chi connectivity index (χ2v) is 4.81. The fourth-order valence-electron chi connectivity index (χ4n) is 1.99. The van der Waals surface area contributed by atoms with Crippen LogP contribution in [0, 0.1) is 11.3 Å². The van der Waals surface area contributed by atoms with E-state index in [1.54, 1.807) is 23.1 Å². The van der Waals surface area contributed by atoms with Gasteiger partial charge in [-0.1, -0.05) is 6.07 Å². The standard InChI is InChI=1S/C14H16N6O/c1-11(2)19(8-4-7-15)14(21)12-5-3-6-13(9-12)20-10-16-17-18-20/h3,5-6,9-11H,4,8H2,1-2H3. The first-order chi connectivity index (χ1) is 10.1. The zero-order valence-corrected chi connectivity index (χ0v) is 12.0. The number of carbonyl (C=O) groups excluding carboxylic acids is 1. The van der Waals surface area contributed by atoms with Crippen LogP contribution in [-0.2, 0) is 0 Å². The van der Waals surface area contributed by atoms with Crippen molar-refractivity contribution in [1.29, 1.82) is 5.26 Å². The summed E-state index contributed by atoms with van der Waals surface area (Å²) in [7, 11) is 0. The normalized spacial score (nSPS) is 10.4. The average Bonchev–Trinajstić information content (AvgIpc) is 3.01. The molecule has 0 saturated carbocycles. The molecular weight excluding hydrogens is 268 g/mol. The van der Waals surface area contributed by atoms with Gasteiger partial charge < -0.3 is 4.90 Å². The summed E-state index contributed by atoms with van der Waals surface area (Å²) in [5, 5.41) is 19.7. The van der Waals surface area contributed by atoms with Crippen LogP contribution in [-0.4, -0.2) is 43.6 Å². The maximum atomic E-state index is 12.6. The summed E-state index contributed by atoms with van der Waals surface area (Å²) < 4.78 is 1.49. The lowest BCUT2D eigenvalue weighted by atomic mass is 10.1. The van der Waals surface area contributed by atoms with E-state index in [9.17, 15) is 4.79 Å². The van der Waals surface area contributed by atoms with Gasteiger partial charge in [0.15, 0.2) is 0 Å². The predicted molar refractivity (Wildman–Crippen MR) is 75.6 cm³/mol. The van der Waals surface area contributed by atoms with Crippen LogP contribution >= 0.6 is 0 Å². The number of nitrogens with zero attached hydrogens (tertiary/aromatic N) is 6. The second-order valence-electron chi connectivity index (χ2n) is 4.81. The summed E-state index contributed by atoms with van der Waals surface area (Å²) in [5.74, 6) is -0.102. The number of carbonyl (C=O) groups is 1. The van der Waals surface area contributed by atoms with Crippen molar-refractivity contribution < 1.29 is 4.79 Å². The number of nitriles is 1. The SMILES string of the molecule is CC(C)N(CCC#N)C(=O)c1cccc(-n2cnnn2)c1. The van der Waals surface area contributed by atoms with Crippen LogP contribution in [0.5, 0.6) is 0 Å². The summed E-state index contributed by atoms with van der Waals surface area (Å²) in [6.45, 7) is 4.28. The van der Waals surface area contributed by atoms with Gasteiger partial charge in [0.05, 0.1) is 18.2 Å². The lowest BCUT2D eigenvalue weighted by molar-refractivity contribution is 0.0710. The van der Waals surface area contributed by atoms with Crippen molar-refractivity contribution in [2.75, 3.05) is 6.54 Å². The molecule has 0 radical (unpaired) electrons. The minimum atomic E-state index is -0.102. The maximum absolute atomic E-state index is 12.6. The number of rotatable bonds is 5. The first-order valence-corrected chi connectivity index (χ1v) is 6.65. The van der Waals surface area contributed by atoms with E-state index < -0.39 is 0 Å². The Morgan fingerprint density at radius 2 is 2.29 bits per heavy atom. The Bertz CT molecular complexity index is 644. The Labute approximate surface area is 122 Å². The van der Waals surface area contributed by atoms with Crippen molar-refractivity contribution in [3.63, 3.8) is 0 Å². The molecule has 0 saturated heterocycles. The van der Waals surface area contributed by atoms with Crippen molar-refractivity contribution >= 4 is 5.91 Å². The smallest absolute Gasteiger partial charge is 0.254 e. The first-order valence-electron chi connectivity index (χ1n) is 6.65. The molecule has 108 valence electrons. The molecule has 0 atom stereocenters. The molecule has 0 aliphatic rings. The van der Waals surface area contributed by atoms with Gasteiger partial charge in [-0.2, -0.15) is 5.26 Å². The largest absolute Gasteiger partial charge is 0.335 e. The molecule has 1 aromatic carbocycles. The topological polar surface area (TPSA) is 87.7 Å². The zero-order chi connectivity index (χ0) is 15.2. The molecule has 0 fully saturated rings. The Balaban J connectivity index is 2.26. The predicted octanol–water partition coefficient (Wildman–Crippen LogP) is 1.43. The minimum Gasteiger partial charge on any atom is -0.335 e. The van der Waals surface area contributed by atoms with Crippen LogP contribution in [0.4, 0.5) is 0 Å². The Kier molecular flexibility index (Phi) is 4.61. The van der Waals surface area contributed by atoms with Crippen LogP contribution in [0.25, 0.3) is 5.69 Å². The molecule has 1 aromatic heterocycles. The summed E-state index contributed by atoms with van der Waals surface area (Å²) in [4.78, 5) is 14.3. The van der Waals surface area contributed by atoms with Gasteiger partial charge in [0.25, 0.3) is 5.91 Å². The number of aromatic nitrogens is 4. The summed E-state index contributed by atoms with van der Waals surface area (Å²) >= 11 is 0. The highest BCUT2D eigenvalue weighted by Crippen LogP contribution is 2.13. The van der Waals surface area contributed by atoms with Crippen molar-refractivity contribution in [3.05, 3.63) is 36.2 Å². The van der Waals surface area contributed by atoms with Gasteiger partial charge >= 0.3 is 0 Å². The van der Waals surface area contributed by atoms with E-state index >= 15 is 0 Å². The van der Waals surface area contributed by atoms with E-state index in [4.69, 9.17) is 5.26 Å². The Morgan fingerprint density at radius 1 is 1.48 bits per heavy atom. The van der Waals surface area contributed by atoms with Gasteiger partial charge in [-0.15, -0.1) is 5.10 Å². The summed E-state index contributed by atoms with van der Waals surface area (Å²) in [6.07, 6.45) is 1.79. The molecule has 0 bridgehead atoms. The van der Waals surface area contributed by atoms with Crippen LogP contribution in [0.3, 0.4) is 0 Å². The second kappa shape index (κ2) is 6.61. The Morgan fingerprint density at radius 3 is 2.90 bits per heavy atom. The minimum absolute atomic E-state index is 0.0301. The van der Waals surface area contributed by atoms with Crippen molar-refractivity contribution in [2.24, 2.45) is 0 Å². The van der Waals surface area contributed by atoms with Gasteiger partial charge in [0.2, 0.25) is 0 Å². The van der Waals surface area contributed by atoms with Crippen LogP contribution in [0.1, 0.15) is 30.6 Å². The lowest BCUT2D eigenvalue weighted by Gasteiger charge is -2.26. The lowest BCUT2D eigenvalue weighted by Crippen LogP contribution is -2.37. The fourth-order valence-corrected chi connectivity index (χ4v) is 1.99. The molecule has 21 heavy (non-hydrogen) atoms. The number of tetrazole rings is 1. The van der Waals surface area contributed by atoms with E-state index in [-0.39, 0.29) is 11.9 Å². The van der Waals surface area contributed by atoms with Crippen molar-refractivity contribution in [3.8, 4) is 11.8 Å². The fraction of sp³-hybridized carbons (Fsp3) is 0.357. The average molecular weight is 284 g/mol. The van der Waals surface area contributed by atoms with Crippen molar-refractivity contribution in [2.45, 2.75) is 26.3 Å². The molecule has 2 rings (SSSR count). The molecule has 1 amide bonds. The molecule has 7 nitrogen and oxygen atoms in total. The number of benzene rings is 1. The third-order valence-corrected chi connectivity index (χ3v) is 3.06. The molecule has 0 unspecified atom stereocenters. The van der Waals surface area contributed by atoms with E-state index in [1.165, 1.54) is 11.0 Å². The molecule has 2 aromatic rings. The van der Waals surface area contributed by atoms with Crippen LogP contribution in [0.2, 0.25) is 0 Å². The molecule has 0 aliphatic carbocycles. The monoisotopic (exact) mass is 284 g/mol. The highest BCUT2D eigenvalue weighted by Gasteiger charge is 2.18. The zero-order valence-electron chi connectivity index (χ0n) is 12.0. The summed E-state index contributed by atoms with van der Waals surface area (Å²) in [5.41, 5.74) is 1.27.